The summed E-state index contributed by atoms with van der Waals surface area (Å²) in [6.45, 7) is 7.76. The smallest absolute Gasteiger partial charge is 0.0576 e. The molecule has 1 fully saturated rings. The normalized spacial score (nSPS) is 22.6. The zero-order valence-corrected chi connectivity index (χ0v) is 13.9. The van der Waals surface area contributed by atoms with E-state index in [1.54, 1.807) is 0 Å². The van der Waals surface area contributed by atoms with Gasteiger partial charge in [0.1, 0.15) is 0 Å². The average Bonchev–Trinajstić information content (AvgIpc) is 3.02. The van der Waals surface area contributed by atoms with Crippen LogP contribution in [0.3, 0.4) is 0 Å². The molecule has 114 valence electrons. The quantitative estimate of drug-likeness (QED) is 0.948. The van der Waals surface area contributed by atoms with Crippen LogP contribution < -0.4 is 5.73 Å². The second-order valence-corrected chi connectivity index (χ2v) is 7.93. The number of likely N-dealkylation sites (tertiary alicyclic amines) is 1. The molecule has 1 aliphatic rings. The number of aryl methyl sites for hydroxylation is 1. The minimum atomic E-state index is 0.210. The molecule has 0 spiro atoms. The first kappa shape index (κ1) is 14.8. The van der Waals surface area contributed by atoms with E-state index < -0.39 is 0 Å². The van der Waals surface area contributed by atoms with Crippen LogP contribution in [-0.4, -0.2) is 33.8 Å². The van der Waals surface area contributed by atoms with E-state index in [-0.39, 0.29) is 5.41 Å². The van der Waals surface area contributed by atoms with Crippen molar-refractivity contribution in [2.75, 3.05) is 13.1 Å². The van der Waals surface area contributed by atoms with E-state index in [9.17, 15) is 0 Å². The molecule has 0 amide bonds. The van der Waals surface area contributed by atoms with Crippen LogP contribution in [0.1, 0.15) is 25.1 Å². The molecular formula is C16H24N4S. The van der Waals surface area contributed by atoms with Crippen molar-refractivity contribution in [2.24, 2.45) is 18.2 Å². The van der Waals surface area contributed by atoms with Gasteiger partial charge in [0.15, 0.2) is 0 Å². The molecule has 21 heavy (non-hydrogen) atoms. The summed E-state index contributed by atoms with van der Waals surface area (Å²) in [5.41, 5.74) is 7.63. The van der Waals surface area contributed by atoms with Crippen LogP contribution in [0.25, 0.3) is 10.4 Å². The number of hydrogen-bond donors (Lipinski definition) is 1. The maximum atomic E-state index is 6.22. The molecule has 0 aromatic carbocycles. The first-order chi connectivity index (χ1) is 9.94. The molecule has 2 aromatic rings. The Labute approximate surface area is 130 Å². The summed E-state index contributed by atoms with van der Waals surface area (Å²) in [6, 6.07) is 4.77. The van der Waals surface area contributed by atoms with Crippen LogP contribution in [0.15, 0.2) is 24.5 Å². The molecular weight excluding hydrogens is 280 g/mol. The van der Waals surface area contributed by atoms with Gasteiger partial charge in [-0.1, -0.05) is 13.8 Å². The number of hydrogen-bond acceptors (Lipinski definition) is 4. The number of piperidine rings is 1. The summed E-state index contributed by atoms with van der Waals surface area (Å²) in [5, 5.41) is 4.24. The first-order valence-electron chi connectivity index (χ1n) is 7.50. The van der Waals surface area contributed by atoms with Crippen molar-refractivity contribution in [3.8, 4) is 10.4 Å². The van der Waals surface area contributed by atoms with E-state index in [0.29, 0.717) is 6.04 Å². The van der Waals surface area contributed by atoms with Gasteiger partial charge in [0.25, 0.3) is 0 Å². The fourth-order valence-corrected chi connectivity index (χ4v) is 4.03. The highest BCUT2D eigenvalue weighted by atomic mass is 32.1. The average molecular weight is 304 g/mol. The molecule has 0 aliphatic carbocycles. The Morgan fingerprint density at radius 1 is 1.43 bits per heavy atom. The van der Waals surface area contributed by atoms with Gasteiger partial charge < -0.3 is 5.73 Å². The zero-order chi connectivity index (χ0) is 15.0. The van der Waals surface area contributed by atoms with Gasteiger partial charge in [-0.05, 0) is 24.0 Å². The molecule has 1 atom stereocenters. The zero-order valence-electron chi connectivity index (χ0n) is 13.0. The van der Waals surface area contributed by atoms with Crippen LogP contribution in [0.4, 0.5) is 0 Å². The molecule has 0 radical (unpaired) electrons. The molecule has 1 aliphatic heterocycles. The summed E-state index contributed by atoms with van der Waals surface area (Å²) >= 11 is 1.87. The van der Waals surface area contributed by atoms with Crippen molar-refractivity contribution < 1.29 is 0 Å². The van der Waals surface area contributed by atoms with Crippen LogP contribution in [0.5, 0.6) is 0 Å². The molecule has 5 heteroatoms. The summed E-state index contributed by atoms with van der Waals surface area (Å²) in [4.78, 5) is 5.24. The molecule has 2 aromatic heterocycles. The van der Waals surface area contributed by atoms with Crippen LogP contribution in [0, 0.1) is 5.41 Å². The van der Waals surface area contributed by atoms with Crippen molar-refractivity contribution in [3.05, 3.63) is 29.4 Å². The minimum absolute atomic E-state index is 0.210. The van der Waals surface area contributed by atoms with Gasteiger partial charge in [-0.25, -0.2) is 0 Å². The third kappa shape index (κ3) is 3.20. The number of thiophene rings is 1. The number of nitrogens with two attached hydrogens (primary N) is 1. The Bertz CT molecular complexity index is 613. The third-order valence-corrected chi connectivity index (χ3v) is 5.54. The van der Waals surface area contributed by atoms with Gasteiger partial charge in [0, 0.05) is 54.2 Å². The molecule has 4 nitrogen and oxygen atoms in total. The van der Waals surface area contributed by atoms with Gasteiger partial charge in [-0.15, -0.1) is 11.3 Å². The van der Waals surface area contributed by atoms with Crippen molar-refractivity contribution in [3.63, 3.8) is 0 Å². The van der Waals surface area contributed by atoms with E-state index in [1.165, 1.54) is 15.3 Å². The summed E-state index contributed by atoms with van der Waals surface area (Å²) in [5.74, 6) is 0. The van der Waals surface area contributed by atoms with Crippen LogP contribution in [0.2, 0.25) is 0 Å². The van der Waals surface area contributed by atoms with E-state index in [0.717, 1.165) is 26.1 Å². The largest absolute Gasteiger partial charge is 0.327 e. The Hall–Kier alpha value is -1.17. The lowest BCUT2D eigenvalue weighted by molar-refractivity contribution is 0.0907. The second kappa shape index (κ2) is 5.55. The van der Waals surface area contributed by atoms with Gasteiger partial charge in [0.2, 0.25) is 0 Å². The molecule has 3 heterocycles. The number of aromatic nitrogens is 2. The molecule has 0 bridgehead atoms. The van der Waals surface area contributed by atoms with Gasteiger partial charge >= 0.3 is 0 Å². The van der Waals surface area contributed by atoms with E-state index in [4.69, 9.17) is 5.73 Å². The monoisotopic (exact) mass is 304 g/mol. The van der Waals surface area contributed by atoms with Crippen LogP contribution in [-0.2, 0) is 13.6 Å². The summed E-state index contributed by atoms with van der Waals surface area (Å²) in [7, 11) is 1.96. The maximum Gasteiger partial charge on any atom is 0.0576 e. The maximum absolute atomic E-state index is 6.22. The fourth-order valence-electron chi connectivity index (χ4n) is 3.01. The van der Waals surface area contributed by atoms with Crippen molar-refractivity contribution in [1.82, 2.24) is 14.7 Å². The standard InChI is InChI=1S/C16H24N4S/c1-16(2)11-20(7-6-15(16)17)10-13-4-5-14(21-13)12-8-18-19(3)9-12/h4-5,8-9,15H,6-7,10-11,17H2,1-3H3. The Morgan fingerprint density at radius 2 is 2.24 bits per heavy atom. The summed E-state index contributed by atoms with van der Waals surface area (Å²) in [6.07, 6.45) is 5.09. The molecule has 2 N–H and O–H groups in total. The Balaban J connectivity index is 1.68. The molecule has 3 rings (SSSR count). The highest BCUT2D eigenvalue weighted by Gasteiger charge is 2.33. The van der Waals surface area contributed by atoms with Crippen molar-refractivity contribution in [2.45, 2.75) is 32.9 Å². The lowest BCUT2D eigenvalue weighted by Gasteiger charge is -2.42. The van der Waals surface area contributed by atoms with Gasteiger partial charge in [0.05, 0.1) is 6.20 Å². The van der Waals surface area contributed by atoms with Gasteiger partial charge in [-0.2, -0.15) is 5.10 Å². The fraction of sp³-hybridized carbons (Fsp3) is 0.562. The number of nitrogens with zero attached hydrogens (tertiary/aromatic N) is 3. The summed E-state index contributed by atoms with van der Waals surface area (Å²) < 4.78 is 1.85. The molecule has 1 saturated heterocycles. The third-order valence-electron chi connectivity index (χ3n) is 4.42. The second-order valence-electron chi connectivity index (χ2n) is 6.76. The number of rotatable bonds is 3. The lowest BCUT2D eigenvalue weighted by Crippen LogP contribution is -2.51. The van der Waals surface area contributed by atoms with Crippen LogP contribution >= 0.6 is 11.3 Å². The molecule has 1 unspecified atom stereocenters. The van der Waals surface area contributed by atoms with E-state index in [1.807, 2.05) is 29.3 Å². The SMILES string of the molecule is Cn1cc(-c2ccc(CN3CCC(N)C(C)(C)C3)s2)cn1. The van der Waals surface area contributed by atoms with Crippen molar-refractivity contribution in [1.29, 1.82) is 0 Å². The first-order valence-corrected chi connectivity index (χ1v) is 8.31. The predicted octanol–water partition coefficient (Wildman–Crippen LogP) is 2.71. The van der Waals surface area contributed by atoms with Gasteiger partial charge in [-0.3, -0.25) is 9.58 Å². The van der Waals surface area contributed by atoms with E-state index >= 15 is 0 Å². The van der Waals surface area contributed by atoms with Crippen molar-refractivity contribution >= 4 is 11.3 Å². The topological polar surface area (TPSA) is 47.1 Å². The van der Waals surface area contributed by atoms with E-state index in [2.05, 4.69) is 42.2 Å². The molecule has 0 saturated carbocycles. The minimum Gasteiger partial charge on any atom is -0.327 e. The highest BCUT2D eigenvalue weighted by Crippen LogP contribution is 2.32. The Morgan fingerprint density at radius 3 is 2.90 bits per heavy atom. The lowest BCUT2D eigenvalue weighted by atomic mass is 9.80. The Kier molecular flexibility index (Phi) is 3.90. The highest BCUT2D eigenvalue weighted by molar-refractivity contribution is 7.15. The predicted molar refractivity (Wildman–Crippen MR) is 88.2 cm³/mol.